The van der Waals surface area contributed by atoms with Crippen LogP contribution in [0.3, 0.4) is 0 Å². The van der Waals surface area contributed by atoms with E-state index in [1.165, 1.54) is 5.56 Å². The number of nitrogens with zero attached hydrogens (tertiary/aromatic N) is 6. The molecule has 5 aromatic heterocycles. The molecular formula is C50H32N6. The normalized spacial score (nSPS) is 11.2. The highest BCUT2D eigenvalue weighted by Gasteiger charge is 2.16. The zero-order chi connectivity index (χ0) is 37.3. The lowest BCUT2D eigenvalue weighted by molar-refractivity contribution is 1.18. The van der Waals surface area contributed by atoms with Gasteiger partial charge in [-0.15, -0.1) is 0 Å². The lowest BCUT2D eigenvalue weighted by Crippen LogP contribution is -1.96. The van der Waals surface area contributed by atoms with Crippen molar-refractivity contribution in [3.8, 4) is 78.7 Å². The maximum atomic E-state index is 5.30. The third-order valence-electron chi connectivity index (χ3n) is 10.1. The Morgan fingerprint density at radius 2 is 0.804 bits per heavy atom. The molecule has 5 aromatic carbocycles. The van der Waals surface area contributed by atoms with Crippen molar-refractivity contribution in [1.29, 1.82) is 0 Å². The first kappa shape index (κ1) is 32.9. The summed E-state index contributed by atoms with van der Waals surface area (Å²) in [6.45, 7) is 0. The topological polar surface area (TPSA) is 77.3 Å². The molecule has 6 heteroatoms. The van der Waals surface area contributed by atoms with Crippen molar-refractivity contribution in [1.82, 2.24) is 29.9 Å². The summed E-state index contributed by atoms with van der Waals surface area (Å²) < 4.78 is 0. The molecule has 0 amide bonds. The van der Waals surface area contributed by atoms with Crippen molar-refractivity contribution in [3.05, 3.63) is 195 Å². The van der Waals surface area contributed by atoms with Crippen molar-refractivity contribution in [3.63, 3.8) is 0 Å². The van der Waals surface area contributed by atoms with Gasteiger partial charge in [0.2, 0.25) is 0 Å². The Labute approximate surface area is 324 Å². The lowest BCUT2D eigenvalue weighted by Gasteiger charge is -2.13. The molecule has 0 N–H and O–H groups in total. The second-order valence-electron chi connectivity index (χ2n) is 13.6. The maximum absolute atomic E-state index is 5.30. The highest BCUT2D eigenvalue weighted by Crippen LogP contribution is 2.36. The molecule has 10 aromatic rings. The quantitative estimate of drug-likeness (QED) is 0.153. The van der Waals surface area contributed by atoms with Crippen LogP contribution in [0.15, 0.2) is 195 Å². The molecule has 0 bridgehead atoms. The molecule has 10 rings (SSSR count). The number of fused-ring (bicyclic) bond motifs is 3. The number of aromatic nitrogens is 6. The maximum Gasteiger partial charge on any atom is 0.160 e. The number of rotatable bonds is 7. The van der Waals surface area contributed by atoms with E-state index >= 15 is 0 Å². The minimum atomic E-state index is 0.653. The molecule has 0 aliphatic rings. The smallest absolute Gasteiger partial charge is 0.160 e. The van der Waals surface area contributed by atoms with Crippen LogP contribution in [0.25, 0.3) is 100 Å². The first-order valence-electron chi connectivity index (χ1n) is 18.5. The van der Waals surface area contributed by atoms with Gasteiger partial charge in [-0.1, -0.05) is 133 Å². The van der Waals surface area contributed by atoms with Crippen LogP contribution >= 0.6 is 0 Å². The van der Waals surface area contributed by atoms with E-state index in [-0.39, 0.29) is 0 Å². The number of benzene rings is 5. The lowest BCUT2D eigenvalue weighted by atomic mass is 9.97. The Balaban J connectivity index is 1.08. The van der Waals surface area contributed by atoms with Gasteiger partial charge in [0.05, 0.1) is 33.8 Å². The molecule has 0 spiro atoms. The second-order valence-corrected chi connectivity index (χ2v) is 13.6. The predicted molar refractivity (Wildman–Crippen MR) is 226 cm³/mol. The van der Waals surface area contributed by atoms with Crippen molar-refractivity contribution < 1.29 is 0 Å². The van der Waals surface area contributed by atoms with E-state index in [9.17, 15) is 0 Å². The van der Waals surface area contributed by atoms with Crippen LogP contribution in [0.1, 0.15) is 0 Å². The van der Waals surface area contributed by atoms with Gasteiger partial charge >= 0.3 is 0 Å². The van der Waals surface area contributed by atoms with Crippen LogP contribution in [0.2, 0.25) is 0 Å². The van der Waals surface area contributed by atoms with Gasteiger partial charge in [0.15, 0.2) is 5.82 Å². The van der Waals surface area contributed by atoms with Crippen LogP contribution in [0, 0.1) is 0 Å². The monoisotopic (exact) mass is 716 g/mol. The molecule has 0 aliphatic carbocycles. The molecule has 0 unspecified atom stereocenters. The van der Waals surface area contributed by atoms with Crippen LogP contribution in [-0.2, 0) is 0 Å². The molecule has 56 heavy (non-hydrogen) atoms. The molecule has 5 heterocycles. The highest BCUT2D eigenvalue weighted by atomic mass is 14.9. The van der Waals surface area contributed by atoms with Crippen molar-refractivity contribution in [2.24, 2.45) is 0 Å². The largest absolute Gasteiger partial charge is 0.264 e. The minimum absolute atomic E-state index is 0.653. The predicted octanol–water partition coefficient (Wildman–Crippen LogP) is 12.0. The standard InChI is InChI=1S/C50H32N6/c1-3-9-33(10-4-1)34-15-17-37(18-16-34)47-30-46(35-11-5-2-6-12-35)55-50(56-47)39-21-19-36(20-22-39)45-29-43(40-13-7-27-51-31-40)42-25-23-38-24-26-44(41-14-8-28-52-32-41)53-48(38)49(42)54-45/h1-32H. The zero-order valence-corrected chi connectivity index (χ0v) is 30.2. The SMILES string of the molecule is c1ccc(-c2ccc(-c3cc(-c4ccccc4)nc(-c4ccc(-c5cc(-c6cccnc6)c6ccc7ccc(-c8cccnc8)nc7c6n5)cc4)n3)cc2)cc1. The van der Waals surface area contributed by atoms with E-state index in [1.807, 2.05) is 60.9 Å². The van der Waals surface area contributed by atoms with Crippen molar-refractivity contribution in [2.45, 2.75) is 0 Å². The van der Waals surface area contributed by atoms with Gasteiger partial charge in [-0.3, -0.25) is 9.97 Å². The van der Waals surface area contributed by atoms with E-state index in [0.717, 1.165) is 89.1 Å². The first-order chi connectivity index (χ1) is 27.7. The Bertz CT molecular complexity index is 2970. The average Bonchev–Trinajstić information content (AvgIpc) is 3.29. The third kappa shape index (κ3) is 6.35. The minimum Gasteiger partial charge on any atom is -0.264 e. The molecule has 0 atom stereocenters. The van der Waals surface area contributed by atoms with Crippen LogP contribution in [0.5, 0.6) is 0 Å². The van der Waals surface area contributed by atoms with Gasteiger partial charge in [-0.05, 0) is 53.1 Å². The van der Waals surface area contributed by atoms with E-state index in [0.29, 0.717) is 5.82 Å². The first-order valence-corrected chi connectivity index (χ1v) is 18.5. The summed E-state index contributed by atoms with van der Waals surface area (Å²) in [5, 5.41) is 2.03. The van der Waals surface area contributed by atoms with Gasteiger partial charge in [-0.25, -0.2) is 19.9 Å². The highest BCUT2D eigenvalue weighted by molar-refractivity contribution is 6.09. The van der Waals surface area contributed by atoms with Crippen molar-refractivity contribution in [2.75, 3.05) is 0 Å². The van der Waals surface area contributed by atoms with E-state index in [1.54, 1.807) is 12.4 Å². The molecule has 0 saturated carbocycles. The molecule has 6 nitrogen and oxygen atoms in total. The Hall–Kier alpha value is -7.70. The van der Waals surface area contributed by atoms with Gasteiger partial charge in [-0.2, -0.15) is 0 Å². The van der Waals surface area contributed by atoms with Gasteiger partial charge in [0.25, 0.3) is 0 Å². The summed E-state index contributed by atoms with van der Waals surface area (Å²) >= 11 is 0. The van der Waals surface area contributed by atoms with E-state index < -0.39 is 0 Å². The molecule has 0 radical (unpaired) electrons. The van der Waals surface area contributed by atoms with Crippen LogP contribution in [0.4, 0.5) is 0 Å². The summed E-state index contributed by atoms with van der Waals surface area (Å²) in [5.41, 5.74) is 14.4. The fourth-order valence-electron chi connectivity index (χ4n) is 7.19. The summed E-state index contributed by atoms with van der Waals surface area (Å²) in [4.78, 5) is 29.4. The molecule has 0 saturated heterocycles. The summed E-state index contributed by atoms with van der Waals surface area (Å²) in [6, 6.07) is 58.2. The Morgan fingerprint density at radius 1 is 0.304 bits per heavy atom. The Morgan fingerprint density at radius 3 is 1.45 bits per heavy atom. The fourth-order valence-corrected chi connectivity index (χ4v) is 7.19. The number of hydrogen-bond donors (Lipinski definition) is 0. The summed E-state index contributed by atoms with van der Waals surface area (Å²) in [5.74, 6) is 0.653. The van der Waals surface area contributed by atoms with Crippen LogP contribution in [-0.4, -0.2) is 29.9 Å². The fraction of sp³-hybridized carbons (Fsp3) is 0. The zero-order valence-electron chi connectivity index (χ0n) is 30.2. The molecule has 0 aliphatic heterocycles. The van der Waals surface area contributed by atoms with Gasteiger partial charge < -0.3 is 0 Å². The second kappa shape index (κ2) is 14.3. The Kier molecular flexibility index (Phi) is 8.39. The summed E-state index contributed by atoms with van der Waals surface area (Å²) in [7, 11) is 0. The third-order valence-corrected chi connectivity index (χ3v) is 10.1. The van der Waals surface area contributed by atoms with E-state index in [4.69, 9.17) is 19.9 Å². The summed E-state index contributed by atoms with van der Waals surface area (Å²) in [6.07, 6.45) is 7.30. The van der Waals surface area contributed by atoms with Crippen LogP contribution < -0.4 is 0 Å². The van der Waals surface area contributed by atoms with Gasteiger partial charge in [0.1, 0.15) is 0 Å². The number of hydrogen-bond acceptors (Lipinski definition) is 6. The van der Waals surface area contributed by atoms with Crippen molar-refractivity contribution >= 4 is 21.8 Å². The van der Waals surface area contributed by atoms with Gasteiger partial charge in [0, 0.05) is 68.9 Å². The molecular weight excluding hydrogens is 685 g/mol. The molecule has 262 valence electrons. The molecule has 0 fully saturated rings. The number of pyridine rings is 4. The average molecular weight is 717 g/mol. The van der Waals surface area contributed by atoms with E-state index in [2.05, 4.69) is 131 Å².